The zero-order valence-electron chi connectivity index (χ0n) is 12.4. The van der Waals surface area contributed by atoms with Crippen molar-refractivity contribution in [1.29, 1.82) is 0 Å². The molecule has 3 rings (SSSR count). The lowest BCUT2D eigenvalue weighted by Gasteiger charge is -2.31. The van der Waals surface area contributed by atoms with Gasteiger partial charge in [-0.2, -0.15) is 0 Å². The Kier molecular flexibility index (Phi) is 4.44. The molecule has 0 bridgehead atoms. The van der Waals surface area contributed by atoms with Gasteiger partial charge in [-0.3, -0.25) is 4.79 Å². The van der Waals surface area contributed by atoms with Crippen molar-refractivity contribution in [3.8, 4) is 0 Å². The van der Waals surface area contributed by atoms with E-state index in [0.29, 0.717) is 0 Å². The number of nitrogens with one attached hydrogen (secondary N) is 2. The van der Waals surface area contributed by atoms with E-state index in [1.807, 2.05) is 18.2 Å². The Morgan fingerprint density at radius 3 is 3.00 bits per heavy atom. The number of aliphatic hydroxyl groups is 1. The molecule has 2 atom stereocenters. The highest BCUT2D eigenvalue weighted by Gasteiger charge is 2.26. The third kappa shape index (κ3) is 3.21. The normalized spacial score (nSPS) is 24.8. The van der Waals surface area contributed by atoms with Crippen LogP contribution in [-0.2, 0) is 6.42 Å². The molecule has 0 radical (unpaired) electrons. The summed E-state index contributed by atoms with van der Waals surface area (Å²) >= 11 is 0. The SMILES string of the molecule is O=C(NC1CCCCC1CO)c1ccc2c(c1)CCCN2. The maximum absolute atomic E-state index is 12.4. The molecule has 1 heterocycles. The van der Waals surface area contributed by atoms with Crippen LogP contribution in [0.15, 0.2) is 18.2 Å². The third-order valence-electron chi connectivity index (χ3n) is 4.77. The van der Waals surface area contributed by atoms with Gasteiger partial charge in [-0.1, -0.05) is 12.8 Å². The first-order valence-corrected chi connectivity index (χ1v) is 8.06. The molecule has 0 aromatic heterocycles. The summed E-state index contributed by atoms with van der Waals surface area (Å²) in [6.45, 7) is 1.18. The van der Waals surface area contributed by atoms with E-state index >= 15 is 0 Å². The molecule has 4 nitrogen and oxygen atoms in total. The van der Waals surface area contributed by atoms with E-state index in [4.69, 9.17) is 0 Å². The van der Waals surface area contributed by atoms with Crippen LogP contribution in [0.4, 0.5) is 5.69 Å². The fourth-order valence-electron chi connectivity index (χ4n) is 3.48. The zero-order valence-corrected chi connectivity index (χ0v) is 12.4. The van der Waals surface area contributed by atoms with Gasteiger partial charge in [0.25, 0.3) is 5.91 Å². The molecule has 2 aliphatic rings. The van der Waals surface area contributed by atoms with Gasteiger partial charge in [0.05, 0.1) is 0 Å². The monoisotopic (exact) mass is 288 g/mol. The van der Waals surface area contributed by atoms with Crippen molar-refractivity contribution in [2.24, 2.45) is 5.92 Å². The predicted octanol–water partition coefficient (Wildman–Crippen LogP) is 2.33. The molecule has 2 unspecified atom stereocenters. The summed E-state index contributed by atoms with van der Waals surface area (Å²) in [5.74, 6) is 0.204. The molecule has 1 aliphatic heterocycles. The number of anilines is 1. The van der Waals surface area contributed by atoms with Crippen LogP contribution in [0.5, 0.6) is 0 Å². The Bertz CT molecular complexity index is 516. The highest BCUT2D eigenvalue weighted by molar-refractivity contribution is 5.95. The number of aryl methyl sites for hydroxylation is 1. The standard InChI is InChI=1S/C17H24N2O2/c20-11-14-4-1-2-6-16(14)19-17(21)13-7-8-15-12(10-13)5-3-9-18-15/h7-8,10,14,16,18,20H,1-6,9,11H2,(H,19,21). The first-order chi connectivity index (χ1) is 10.3. The fourth-order valence-corrected chi connectivity index (χ4v) is 3.48. The largest absolute Gasteiger partial charge is 0.396 e. The summed E-state index contributed by atoms with van der Waals surface area (Å²) in [5.41, 5.74) is 3.12. The highest BCUT2D eigenvalue weighted by Crippen LogP contribution is 2.26. The smallest absolute Gasteiger partial charge is 0.251 e. The van der Waals surface area contributed by atoms with Gasteiger partial charge in [-0.25, -0.2) is 0 Å². The number of aliphatic hydroxyl groups excluding tert-OH is 1. The van der Waals surface area contributed by atoms with Gasteiger partial charge in [0.2, 0.25) is 0 Å². The molecule has 1 fully saturated rings. The lowest BCUT2D eigenvalue weighted by atomic mass is 9.85. The van der Waals surface area contributed by atoms with Crippen LogP contribution in [-0.4, -0.2) is 30.2 Å². The number of hydrogen-bond acceptors (Lipinski definition) is 3. The maximum Gasteiger partial charge on any atom is 0.251 e. The van der Waals surface area contributed by atoms with Crippen LogP contribution >= 0.6 is 0 Å². The summed E-state index contributed by atoms with van der Waals surface area (Å²) in [6.07, 6.45) is 6.43. The van der Waals surface area contributed by atoms with Gasteiger partial charge in [-0.15, -0.1) is 0 Å². The molecule has 1 saturated carbocycles. The molecule has 21 heavy (non-hydrogen) atoms. The number of benzene rings is 1. The quantitative estimate of drug-likeness (QED) is 0.800. The lowest BCUT2D eigenvalue weighted by molar-refractivity contribution is 0.0872. The van der Waals surface area contributed by atoms with E-state index in [-0.39, 0.29) is 24.5 Å². The number of amides is 1. The number of fused-ring (bicyclic) bond motifs is 1. The summed E-state index contributed by atoms with van der Waals surface area (Å²) in [7, 11) is 0. The van der Waals surface area contributed by atoms with Crippen molar-refractivity contribution >= 4 is 11.6 Å². The molecule has 1 aromatic carbocycles. The maximum atomic E-state index is 12.4. The van der Waals surface area contributed by atoms with E-state index in [0.717, 1.165) is 56.3 Å². The number of rotatable bonds is 3. The minimum absolute atomic E-state index is 0.00581. The first kappa shape index (κ1) is 14.4. The molecular formula is C17H24N2O2. The summed E-state index contributed by atoms with van der Waals surface area (Å²) in [6, 6.07) is 6.02. The Morgan fingerprint density at radius 1 is 1.29 bits per heavy atom. The van der Waals surface area contributed by atoms with E-state index < -0.39 is 0 Å². The van der Waals surface area contributed by atoms with E-state index in [9.17, 15) is 9.90 Å². The Hall–Kier alpha value is -1.55. The van der Waals surface area contributed by atoms with Crippen LogP contribution in [0.25, 0.3) is 0 Å². The van der Waals surface area contributed by atoms with E-state index in [1.54, 1.807) is 0 Å². The van der Waals surface area contributed by atoms with Crippen molar-refractivity contribution < 1.29 is 9.90 Å². The van der Waals surface area contributed by atoms with Crippen molar-refractivity contribution in [3.63, 3.8) is 0 Å². The second-order valence-electron chi connectivity index (χ2n) is 6.21. The Labute approximate surface area is 125 Å². The molecule has 114 valence electrons. The van der Waals surface area contributed by atoms with Crippen LogP contribution in [0.3, 0.4) is 0 Å². The van der Waals surface area contributed by atoms with Crippen molar-refractivity contribution in [1.82, 2.24) is 5.32 Å². The average molecular weight is 288 g/mol. The Morgan fingerprint density at radius 2 is 2.14 bits per heavy atom. The number of carbonyl (C=O) groups is 1. The van der Waals surface area contributed by atoms with Gasteiger partial charge in [0, 0.05) is 36.4 Å². The van der Waals surface area contributed by atoms with Crippen molar-refractivity contribution in [3.05, 3.63) is 29.3 Å². The second kappa shape index (κ2) is 6.48. The lowest BCUT2D eigenvalue weighted by Crippen LogP contribution is -2.43. The molecule has 1 aliphatic carbocycles. The van der Waals surface area contributed by atoms with Crippen LogP contribution in [0, 0.1) is 5.92 Å². The highest BCUT2D eigenvalue weighted by atomic mass is 16.3. The van der Waals surface area contributed by atoms with E-state index in [1.165, 1.54) is 5.56 Å². The first-order valence-electron chi connectivity index (χ1n) is 8.06. The van der Waals surface area contributed by atoms with Gasteiger partial charge < -0.3 is 15.7 Å². The minimum Gasteiger partial charge on any atom is -0.396 e. The zero-order chi connectivity index (χ0) is 14.7. The molecule has 3 N–H and O–H groups in total. The third-order valence-corrected chi connectivity index (χ3v) is 4.77. The van der Waals surface area contributed by atoms with Crippen LogP contribution in [0.2, 0.25) is 0 Å². The molecule has 0 saturated heterocycles. The second-order valence-corrected chi connectivity index (χ2v) is 6.21. The summed E-state index contributed by atoms with van der Waals surface area (Å²) in [5, 5.41) is 15.9. The number of carbonyl (C=O) groups excluding carboxylic acids is 1. The van der Waals surface area contributed by atoms with Gasteiger partial charge in [-0.05, 0) is 49.4 Å². The van der Waals surface area contributed by atoms with E-state index in [2.05, 4.69) is 10.6 Å². The van der Waals surface area contributed by atoms with Crippen LogP contribution in [0.1, 0.15) is 48.0 Å². The average Bonchev–Trinajstić information content (AvgIpc) is 2.55. The van der Waals surface area contributed by atoms with Gasteiger partial charge in [0.15, 0.2) is 0 Å². The van der Waals surface area contributed by atoms with Gasteiger partial charge in [0.1, 0.15) is 0 Å². The molecule has 1 aromatic rings. The van der Waals surface area contributed by atoms with Gasteiger partial charge >= 0.3 is 0 Å². The van der Waals surface area contributed by atoms with Crippen molar-refractivity contribution in [2.75, 3.05) is 18.5 Å². The molecule has 4 heteroatoms. The summed E-state index contributed by atoms with van der Waals surface area (Å²) in [4.78, 5) is 12.4. The molecule has 0 spiro atoms. The van der Waals surface area contributed by atoms with Crippen LogP contribution < -0.4 is 10.6 Å². The fraction of sp³-hybridized carbons (Fsp3) is 0.588. The molecular weight excluding hydrogens is 264 g/mol. The topological polar surface area (TPSA) is 61.4 Å². The van der Waals surface area contributed by atoms with Crippen molar-refractivity contribution in [2.45, 2.75) is 44.6 Å². The Balaban J connectivity index is 1.70. The predicted molar refractivity (Wildman–Crippen MR) is 83.6 cm³/mol. The minimum atomic E-state index is -0.00581. The summed E-state index contributed by atoms with van der Waals surface area (Å²) < 4.78 is 0. The number of hydrogen-bond donors (Lipinski definition) is 3. The molecule has 1 amide bonds.